The molecule has 76 valence electrons. The van der Waals surface area contributed by atoms with Crippen LogP contribution in [0.25, 0.3) is 0 Å². The van der Waals surface area contributed by atoms with Gasteiger partial charge in [-0.15, -0.1) is 11.3 Å². The lowest BCUT2D eigenvalue weighted by Gasteiger charge is -1.99. The fourth-order valence-electron chi connectivity index (χ4n) is 1.38. The Bertz CT molecular complexity index is 460. The second-order valence-electron chi connectivity index (χ2n) is 3.25. The Morgan fingerprint density at radius 3 is 2.80 bits per heavy atom. The molecule has 1 aromatic heterocycles. The third kappa shape index (κ3) is 2.44. The van der Waals surface area contributed by atoms with Crippen molar-refractivity contribution in [1.29, 1.82) is 0 Å². The summed E-state index contributed by atoms with van der Waals surface area (Å²) in [5.41, 5.74) is 0.841. The Kier molecular flexibility index (Phi) is 2.83. The summed E-state index contributed by atoms with van der Waals surface area (Å²) in [5.74, 6) is 0.294. The first-order chi connectivity index (χ1) is 7.25. The van der Waals surface area contributed by atoms with Crippen LogP contribution in [0.3, 0.4) is 0 Å². The number of carbonyl (C=O) groups is 1. The Hall–Kier alpha value is -1.61. The number of carbonyl (C=O) groups excluding carboxylic acids is 1. The molecule has 0 aliphatic heterocycles. The second-order valence-corrected chi connectivity index (χ2v) is 4.19. The molecule has 0 radical (unpaired) electrons. The average Bonchev–Trinajstić information content (AvgIpc) is 2.70. The number of Topliss-reactive ketones (excluding diaryl/α,β-unsaturated/α-hetero) is 1. The second kappa shape index (κ2) is 4.28. The van der Waals surface area contributed by atoms with Crippen LogP contribution in [0.5, 0.6) is 5.75 Å². The van der Waals surface area contributed by atoms with Crippen LogP contribution in [0.1, 0.15) is 15.2 Å². The molecule has 0 aliphatic carbocycles. The summed E-state index contributed by atoms with van der Waals surface area (Å²) in [7, 11) is 0. The third-order valence-corrected chi connectivity index (χ3v) is 2.98. The Balaban J connectivity index is 2.13. The van der Waals surface area contributed by atoms with Gasteiger partial charge in [0.25, 0.3) is 0 Å². The minimum absolute atomic E-state index is 0.0931. The highest BCUT2D eigenvalue weighted by atomic mass is 32.1. The standard InChI is InChI=1S/C12H10O2S/c13-10-4-1-3-9(7-10)8-11(14)12-5-2-6-15-12/h1-7,13H,8H2. The molecule has 0 atom stereocenters. The fraction of sp³-hybridized carbons (Fsp3) is 0.0833. The van der Waals surface area contributed by atoms with Crippen molar-refractivity contribution in [2.45, 2.75) is 6.42 Å². The molecule has 0 bridgehead atoms. The average molecular weight is 218 g/mol. The molecule has 1 heterocycles. The molecular formula is C12H10O2S. The van der Waals surface area contributed by atoms with E-state index in [1.165, 1.54) is 11.3 Å². The smallest absolute Gasteiger partial charge is 0.177 e. The number of hydrogen-bond donors (Lipinski definition) is 1. The van der Waals surface area contributed by atoms with Gasteiger partial charge >= 0.3 is 0 Å². The van der Waals surface area contributed by atoms with E-state index in [4.69, 9.17) is 0 Å². The van der Waals surface area contributed by atoms with Crippen molar-refractivity contribution in [2.24, 2.45) is 0 Å². The molecule has 0 aliphatic rings. The first kappa shape index (κ1) is 9.93. The van der Waals surface area contributed by atoms with E-state index < -0.39 is 0 Å². The summed E-state index contributed by atoms with van der Waals surface area (Å²) in [6, 6.07) is 10.5. The summed E-state index contributed by atoms with van der Waals surface area (Å²) >= 11 is 1.44. The summed E-state index contributed by atoms with van der Waals surface area (Å²) < 4.78 is 0. The summed E-state index contributed by atoms with van der Waals surface area (Å²) in [6.07, 6.45) is 0.342. The normalized spacial score (nSPS) is 10.1. The van der Waals surface area contributed by atoms with Crippen LogP contribution in [-0.4, -0.2) is 10.9 Å². The highest BCUT2D eigenvalue weighted by molar-refractivity contribution is 7.12. The number of thiophene rings is 1. The van der Waals surface area contributed by atoms with Gasteiger partial charge in [0.2, 0.25) is 0 Å². The van der Waals surface area contributed by atoms with Gasteiger partial charge in [0.15, 0.2) is 5.78 Å². The van der Waals surface area contributed by atoms with Crippen LogP contribution in [0, 0.1) is 0 Å². The van der Waals surface area contributed by atoms with Crippen molar-refractivity contribution >= 4 is 17.1 Å². The number of ketones is 1. The van der Waals surface area contributed by atoms with Gasteiger partial charge in [0.1, 0.15) is 5.75 Å². The van der Waals surface area contributed by atoms with Crippen LogP contribution < -0.4 is 0 Å². The molecule has 2 aromatic rings. The number of aromatic hydroxyl groups is 1. The maximum absolute atomic E-state index is 11.7. The first-order valence-electron chi connectivity index (χ1n) is 4.60. The quantitative estimate of drug-likeness (QED) is 0.804. The van der Waals surface area contributed by atoms with Gasteiger partial charge in [-0.25, -0.2) is 0 Å². The summed E-state index contributed by atoms with van der Waals surface area (Å²) in [4.78, 5) is 12.5. The molecule has 0 amide bonds. The predicted molar refractivity (Wildman–Crippen MR) is 60.5 cm³/mol. The van der Waals surface area contributed by atoms with Crippen LogP contribution >= 0.6 is 11.3 Å². The number of benzene rings is 1. The van der Waals surface area contributed by atoms with Gasteiger partial charge in [0.05, 0.1) is 4.88 Å². The maximum atomic E-state index is 11.7. The SMILES string of the molecule is O=C(Cc1cccc(O)c1)c1cccs1. The molecule has 2 nitrogen and oxygen atoms in total. The van der Waals surface area contributed by atoms with Crippen LogP contribution in [0.2, 0.25) is 0 Å². The van der Waals surface area contributed by atoms with Crippen molar-refractivity contribution in [2.75, 3.05) is 0 Å². The molecule has 3 heteroatoms. The molecule has 0 unspecified atom stereocenters. The highest BCUT2D eigenvalue weighted by Gasteiger charge is 2.07. The first-order valence-corrected chi connectivity index (χ1v) is 5.48. The lowest BCUT2D eigenvalue weighted by molar-refractivity contribution is 0.0997. The zero-order valence-electron chi connectivity index (χ0n) is 8.01. The Morgan fingerprint density at radius 1 is 1.27 bits per heavy atom. The third-order valence-electron chi connectivity index (χ3n) is 2.07. The van der Waals surface area contributed by atoms with Gasteiger partial charge in [-0.05, 0) is 29.1 Å². The molecule has 0 spiro atoms. The van der Waals surface area contributed by atoms with E-state index in [1.807, 2.05) is 23.6 Å². The summed E-state index contributed by atoms with van der Waals surface area (Å²) in [5, 5.41) is 11.1. The van der Waals surface area contributed by atoms with Gasteiger partial charge in [-0.1, -0.05) is 18.2 Å². The monoisotopic (exact) mass is 218 g/mol. The fourth-order valence-corrected chi connectivity index (χ4v) is 2.04. The van der Waals surface area contributed by atoms with E-state index >= 15 is 0 Å². The number of hydrogen-bond acceptors (Lipinski definition) is 3. The van der Waals surface area contributed by atoms with E-state index in [0.29, 0.717) is 6.42 Å². The number of phenols is 1. The zero-order valence-corrected chi connectivity index (χ0v) is 8.83. The minimum Gasteiger partial charge on any atom is -0.508 e. The van der Waals surface area contributed by atoms with Gasteiger partial charge in [-0.3, -0.25) is 4.79 Å². The molecule has 1 N–H and O–H groups in total. The number of phenolic OH excluding ortho intramolecular Hbond substituents is 1. The predicted octanol–water partition coefficient (Wildman–Crippen LogP) is 2.88. The topological polar surface area (TPSA) is 37.3 Å². The van der Waals surface area contributed by atoms with Crippen LogP contribution in [0.4, 0.5) is 0 Å². The minimum atomic E-state index is 0.0931. The van der Waals surface area contributed by atoms with E-state index in [-0.39, 0.29) is 11.5 Å². The van der Waals surface area contributed by atoms with Crippen LogP contribution in [0.15, 0.2) is 41.8 Å². The van der Waals surface area contributed by atoms with Gasteiger partial charge in [-0.2, -0.15) is 0 Å². The Labute approximate surface area is 91.8 Å². The van der Waals surface area contributed by atoms with E-state index in [1.54, 1.807) is 18.2 Å². The van der Waals surface area contributed by atoms with Gasteiger partial charge in [0, 0.05) is 6.42 Å². The van der Waals surface area contributed by atoms with E-state index in [2.05, 4.69) is 0 Å². The lowest BCUT2D eigenvalue weighted by Crippen LogP contribution is -2.00. The maximum Gasteiger partial charge on any atom is 0.177 e. The molecule has 0 saturated heterocycles. The lowest BCUT2D eigenvalue weighted by atomic mass is 10.1. The molecule has 1 aromatic carbocycles. The van der Waals surface area contributed by atoms with Crippen molar-refractivity contribution in [1.82, 2.24) is 0 Å². The van der Waals surface area contributed by atoms with Crippen LogP contribution in [-0.2, 0) is 6.42 Å². The van der Waals surface area contributed by atoms with Crippen molar-refractivity contribution in [3.8, 4) is 5.75 Å². The zero-order chi connectivity index (χ0) is 10.7. The number of rotatable bonds is 3. The largest absolute Gasteiger partial charge is 0.508 e. The van der Waals surface area contributed by atoms with E-state index in [0.717, 1.165) is 10.4 Å². The molecule has 0 fully saturated rings. The van der Waals surface area contributed by atoms with Gasteiger partial charge < -0.3 is 5.11 Å². The van der Waals surface area contributed by atoms with E-state index in [9.17, 15) is 9.90 Å². The Morgan fingerprint density at radius 2 is 2.13 bits per heavy atom. The molecular weight excluding hydrogens is 208 g/mol. The van der Waals surface area contributed by atoms with Crippen molar-refractivity contribution in [3.05, 3.63) is 52.2 Å². The molecule has 15 heavy (non-hydrogen) atoms. The van der Waals surface area contributed by atoms with Crippen molar-refractivity contribution in [3.63, 3.8) is 0 Å². The highest BCUT2D eigenvalue weighted by Crippen LogP contribution is 2.15. The molecule has 2 rings (SSSR count). The van der Waals surface area contributed by atoms with Crippen molar-refractivity contribution < 1.29 is 9.90 Å². The summed E-state index contributed by atoms with van der Waals surface area (Å²) in [6.45, 7) is 0. The molecule has 0 saturated carbocycles.